The van der Waals surface area contributed by atoms with E-state index in [0.717, 1.165) is 37.4 Å². The molecule has 218 valence electrons. The summed E-state index contributed by atoms with van der Waals surface area (Å²) in [5.41, 5.74) is 0.847. The molecule has 0 atom stereocenters. The Morgan fingerprint density at radius 3 is 2.32 bits per heavy atom. The number of nitrogens with one attached hydrogen (secondary N) is 2. The number of rotatable bonds is 10. The fourth-order valence-corrected chi connectivity index (χ4v) is 3.72. The number of carbonyl (C=O) groups is 2. The molecule has 3 aromatic rings. The molecule has 1 saturated heterocycles. The van der Waals surface area contributed by atoms with Crippen LogP contribution in [0.25, 0.3) is 0 Å². The van der Waals surface area contributed by atoms with Gasteiger partial charge in [-0.2, -0.15) is 0 Å². The fourth-order valence-electron chi connectivity index (χ4n) is 3.72. The minimum absolute atomic E-state index is 0.0327. The van der Waals surface area contributed by atoms with Crippen molar-refractivity contribution in [1.82, 2.24) is 15.3 Å². The Labute approximate surface area is 234 Å². The van der Waals surface area contributed by atoms with Crippen LogP contribution >= 0.6 is 0 Å². The van der Waals surface area contributed by atoms with E-state index in [2.05, 4.69) is 20.6 Å². The Morgan fingerprint density at radius 1 is 1.05 bits per heavy atom. The van der Waals surface area contributed by atoms with Gasteiger partial charge in [-0.25, -0.2) is 28.3 Å². The molecular formula is C28H30F2N4O7. The van der Waals surface area contributed by atoms with Crippen LogP contribution in [-0.4, -0.2) is 58.4 Å². The van der Waals surface area contributed by atoms with Gasteiger partial charge in [-0.05, 0) is 56.6 Å². The summed E-state index contributed by atoms with van der Waals surface area (Å²) in [5.74, 6) is -2.58. The first-order valence-corrected chi connectivity index (χ1v) is 12.5. The third kappa shape index (κ3) is 9.72. The molecule has 4 N–H and O–H groups in total. The van der Waals surface area contributed by atoms with Crippen molar-refractivity contribution in [2.75, 3.05) is 25.5 Å². The summed E-state index contributed by atoms with van der Waals surface area (Å²) in [4.78, 5) is 27.5. The first kappa shape index (κ1) is 30.8. The number of aryl methyl sites for hydroxylation is 1. The smallest absolute Gasteiger partial charge is 0.328 e. The van der Waals surface area contributed by atoms with Gasteiger partial charge < -0.3 is 35.1 Å². The number of ether oxygens (including phenoxy) is 3. The molecule has 11 nitrogen and oxygen atoms in total. The lowest BCUT2D eigenvalue weighted by atomic mass is 10.1. The predicted octanol–water partition coefficient (Wildman–Crippen LogP) is 4.24. The molecule has 41 heavy (non-hydrogen) atoms. The lowest BCUT2D eigenvalue weighted by Crippen LogP contribution is -2.34. The van der Waals surface area contributed by atoms with Gasteiger partial charge in [-0.3, -0.25) is 0 Å². The van der Waals surface area contributed by atoms with E-state index >= 15 is 0 Å². The van der Waals surface area contributed by atoms with Gasteiger partial charge >= 0.3 is 11.9 Å². The number of carboxylic acids is 2. The van der Waals surface area contributed by atoms with Crippen LogP contribution in [-0.2, 0) is 16.2 Å². The molecule has 1 aromatic heterocycles. The maximum Gasteiger partial charge on any atom is 0.328 e. The second-order valence-electron chi connectivity index (χ2n) is 8.76. The van der Waals surface area contributed by atoms with Gasteiger partial charge in [0.15, 0.2) is 17.3 Å². The molecular weight excluding hydrogens is 542 g/mol. The Morgan fingerprint density at radius 2 is 1.71 bits per heavy atom. The molecule has 0 aliphatic carbocycles. The van der Waals surface area contributed by atoms with Crippen LogP contribution < -0.4 is 24.8 Å². The molecule has 0 saturated carbocycles. The van der Waals surface area contributed by atoms with E-state index in [1.54, 1.807) is 0 Å². The minimum Gasteiger partial charge on any atom is -0.494 e. The number of methoxy groups -OCH3 is 1. The molecule has 1 aliphatic rings. The highest BCUT2D eigenvalue weighted by atomic mass is 19.1. The number of hydrogen-bond donors (Lipinski definition) is 4. The lowest BCUT2D eigenvalue weighted by molar-refractivity contribution is -0.134. The van der Waals surface area contributed by atoms with Crippen molar-refractivity contribution in [3.8, 4) is 17.2 Å². The normalized spacial score (nSPS) is 13.2. The molecule has 2 aromatic carbocycles. The second-order valence-corrected chi connectivity index (χ2v) is 8.76. The van der Waals surface area contributed by atoms with Gasteiger partial charge in [0.25, 0.3) is 0 Å². The summed E-state index contributed by atoms with van der Waals surface area (Å²) in [6.07, 6.45) is 6.15. The monoisotopic (exact) mass is 572 g/mol. The summed E-state index contributed by atoms with van der Waals surface area (Å²) in [6, 6.07) is 8.91. The Bertz CT molecular complexity index is 1350. The van der Waals surface area contributed by atoms with Gasteiger partial charge in [0.05, 0.1) is 25.1 Å². The number of nitrogens with zero attached hydrogens (tertiary/aromatic N) is 2. The summed E-state index contributed by atoms with van der Waals surface area (Å²) in [5, 5.41) is 22.1. The maximum atomic E-state index is 14.4. The van der Waals surface area contributed by atoms with Gasteiger partial charge in [-0.15, -0.1) is 0 Å². The molecule has 2 heterocycles. The van der Waals surface area contributed by atoms with Gasteiger partial charge in [0.2, 0.25) is 5.95 Å². The van der Waals surface area contributed by atoms with Crippen molar-refractivity contribution in [3.05, 3.63) is 77.6 Å². The second kappa shape index (κ2) is 15.1. The van der Waals surface area contributed by atoms with Crippen LogP contribution in [0, 0.1) is 18.6 Å². The number of aliphatic carboxylic acids is 2. The topological polar surface area (TPSA) is 152 Å². The van der Waals surface area contributed by atoms with Crippen LogP contribution in [0.2, 0.25) is 0 Å². The molecule has 0 radical (unpaired) electrons. The van der Waals surface area contributed by atoms with Gasteiger partial charge in [0.1, 0.15) is 24.3 Å². The van der Waals surface area contributed by atoms with E-state index in [9.17, 15) is 18.4 Å². The quantitative estimate of drug-likeness (QED) is 0.258. The Hall–Kier alpha value is -4.78. The highest BCUT2D eigenvalue weighted by Crippen LogP contribution is 2.27. The zero-order chi connectivity index (χ0) is 29.8. The Balaban J connectivity index is 0.000000507. The van der Waals surface area contributed by atoms with Crippen LogP contribution in [0.5, 0.6) is 17.2 Å². The molecule has 1 fully saturated rings. The SMILES string of the molecule is COc1cc(C)c(F)c(COc2cnc(Nc3cccc(OC4CCNCC4)c3)nc2)c1F.O=C(O)/C=C/C(=O)O. The summed E-state index contributed by atoms with van der Waals surface area (Å²) in [6.45, 7) is 3.14. The molecule has 0 amide bonds. The summed E-state index contributed by atoms with van der Waals surface area (Å²) < 4.78 is 45.3. The Kier molecular flexibility index (Phi) is 11.3. The fraction of sp³-hybridized carbons (Fsp3) is 0.286. The van der Waals surface area contributed by atoms with Crippen LogP contribution in [0.15, 0.2) is 54.9 Å². The number of aromatic nitrogens is 2. The number of hydrogen-bond acceptors (Lipinski definition) is 9. The average Bonchev–Trinajstić information content (AvgIpc) is 2.96. The van der Waals surface area contributed by atoms with E-state index in [4.69, 9.17) is 24.4 Å². The van der Waals surface area contributed by atoms with Gasteiger partial charge in [0, 0.05) is 23.9 Å². The zero-order valence-electron chi connectivity index (χ0n) is 22.4. The highest BCUT2D eigenvalue weighted by Gasteiger charge is 2.18. The summed E-state index contributed by atoms with van der Waals surface area (Å²) >= 11 is 0. The van der Waals surface area contributed by atoms with Crippen molar-refractivity contribution in [2.24, 2.45) is 0 Å². The van der Waals surface area contributed by atoms with Gasteiger partial charge in [-0.1, -0.05) is 6.07 Å². The first-order valence-electron chi connectivity index (χ1n) is 12.5. The molecule has 13 heteroatoms. The third-order valence-electron chi connectivity index (χ3n) is 5.72. The number of piperidine rings is 1. The van der Waals surface area contributed by atoms with E-state index < -0.39 is 23.6 Å². The minimum atomic E-state index is -1.26. The standard InChI is InChI=1S/C24H26F2N4O3.C4H4O4/c1-15-10-21(31-2)23(26)20(22(15)25)14-32-19-12-28-24(29-13-19)30-16-4-3-5-18(11-16)33-17-6-8-27-9-7-17;5-3(6)1-2-4(7)8/h3-5,10-13,17,27H,6-9,14H2,1-2H3,(H,28,29,30);1-2H,(H,5,6)(H,7,8)/b;2-1+. The van der Waals surface area contributed by atoms with E-state index in [1.165, 1.54) is 32.5 Å². The van der Waals surface area contributed by atoms with E-state index in [0.29, 0.717) is 18.1 Å². The zero-order valence-corrected chi connectivity index (χ0v) is 22.4. The third-order valence-corrected chi connectivity index (χ3v) is 5.72. The van der Waals surface area contributed by atoms with Crippen LogP contribution in [0.4, 0.5) is 20.4 Å². The molecule has 0 bridgehead atoms. The number of halogens is 2. The molecule has 0 spiro atoms. The lowest BCUT2D eigenvalue weighted by Gasteiger charge is -2.24. The largest absolute Gasteiger partial charge is 0.494 e. The summed E-state index contributed by atoms with van der Waals surface area (Å²) in [7, 11) is 1.33. The van der Waals surface area contributed by atoms with E-state index in [-0.39, 0.29) is 35.3 Å². The van der Waals surface area contributed by atoms with Crippen molar-refractivity contribution >= 4 is 23.6 Å². The van der Waals surface area contributed by atoms with Crippen LogP contribution in [0.1, 0.15) is 24.0 Å². The van der Waals surface area contributed by atoms with Crippen molar-refractivity contribution in [3.63, 3.8) is 0 Å². The first-order chi connectivity index (χ1) is 19.7. The van der Waals surface area contributed by atoms with Crippen LogP contribution in [0.3, 0.4) is 0 Å². The molecule has 4 rings (SSSR count). The number of anilines is 2. The number of carboxylic acid groups (broad SMARTS) is 2. The van der Waals surface area contributed by atoms with E-state index in [1.807, 2.05) is 24.3 Å². The van der Waals surface area contributed by atoms with Crippen molar-refractivity contribution in [1.29, 1.82) is 0 Å². The predicted molar refractivity (Wildman–Crippen MR) is 145 cm³/mol. The molecule has 1 aliphatic heterocycles. The average molecular weight is 573 g/mol. The number of benzene rings is 2. The van der Waals surface area contributed by atoms with Crippen molar-refractivity contribution < 1.29 is 42.8 Å². The molecule has 0 unspecified atom stereocenters. The maximum absolute atomic E-state index is 14.4. The van der Waals surface area contributed by atoms with Crippen molar-refractivity contribution in [2.45, 2.75) is 32.5 Å². The highest BCUT2D eigenvalue weighted by molar-refractivity contribution is 5.89.